The lowest BCUT2D eigenvalue weighted by molar-refractivity contribution is 0.0601. The lowest BCUT2D eigenvalue weighted by Crippen LogP contribution is -2.00. The molecule has 2 heterocycles. The van der Waals surface area contributed by atoms with Gasteiger partial charge in [-0.1, -0.05) is 12.1 Å². The maximum absolute atomic E-state index is 11.4. The van der Waals surface area contributed by atoms with E-state index in [0.717, 1.165) is 22.3 Å². The second kappa shape index (κ2) is 4.57. The Morgan fingerprint density at radius 3 is 2.68 bits per heavy atom. The predicted molar refractivity (Wildman–Crippen MR) is 72.9 cm³/mol. The summed E-state index contributed by atoms with van der Waals surface area (Å²) in [5, 5.41) is 1.06. The maximum Gasteiger partial charge on any atom is 0.337 e. The zero-order valence-electron chi connectivity index (χ0n) is 10.4. The topological polar surface area (TPSA) is 55.0 Å². The summed E-state index contributed by atoms with van der Waals surface area (Å²) in [6.45, 7) is 0. The molecule has 2 aromatic heterocycles. The van der Waals surface area contributed by atoms with Crippen LogP contribution in [0.25, 0.3) is 22.3 Å². The Hall–Kier alpha value is -2.62. The first-order valence-corrected chi connectivity index (χ1v) is 5.90. The van der Waals surface area contributed by atoms with Gasteiger partial charge in [0.05, 0.1) is 12.7 Å². The van der Waals surface area contributed by atoms with Crippen LogP contribution in [0.3, 0.4) is 0 Å². The van der Waals surface area contributed by atoms with Crippen molar-refractivity contribution in [3.63, 3.8) is 0 Å². The Morgan fingerprint density at radius 2 is 2.00 bits per heavy atom. The number of rotatable bonds is 2. The Balaban J connectivity index is 1.99. The van der Waals surface area contributed by atoms with E-state index in [4.69, 9.17) is 0 Å². The minimum Gasteiger partial charge on any atom is -0.465 e. The van der Waals surface area contributed by atoms with Gasteiger partial charge in [0.1, 0.15) is 5.65 Å². The molecule has 0 atom stereocenters. The van der Waals surface area contributed by atoms with E-state index in [1.54, 1.807) is 18.3 Å². The first-order valence-electron chi connectivity index (χ1n) is 5.90. The molecule has 0 aliphatic rings. The molecule has 0 bridgehead atoms. The third-order valence-electron chi connectivity index (χ3n) is 3.01. The lowest BCUT2D eigenvalue weighted by atomic mass is 10.1. The zero-order valence-corrected chi connectivity index (χ0v) is 10.4. The Kier molecular flexibility index (Phi) is 2.76. The number of pyridine rings is 1. The Morgan fingerprint density at radius 1 is 1.21 bits per heavy atom. The van der Waals surface area contributed by atoms with Crippen molar-refractivity contribution >= 4 is 17.0 Å². The van der Waals surface area contributed by atoms with Gasteiger partial charge in [0.25, 0.3) is 0 Å². The van der Waals surface area contributed by atoms with Crippen LogP contribution in [0.4, 0.5) is 0 Å². The predicted octanol–water partition coefficient (Wildman–Crippen LogP) is 3.02. The molecule has 3 aromatic rings. The van der Waals surface area contributed by atoms with E-state index in [2.05, 4.69) is 14.7 Å². The average Bonchev–Trinajstić information content (AvgIpc) is 2.90. The molecule has 0 unspecified atom stereocenters. The highest BCUT2D eigenvalue weighted by atomic mass is 16.5. The van der Waals surface area contributed by atoms with E-state index in [1.807, 2.05) is 30.3 Å². The highest BCUT2D eigenvalue weighted by Crippen LogP contribution is 2.23. The number of nitrogens with zero attached hydrogens (tertiary/aromatic N) is 1. The number of aromatic amines is 1. The third-order valence-corrected chi connectivity index (χ3v) is 3.01. The van der Waals surface area contributed by atoms with E-state index < -0.39 is 0 Å². The maximum atomic E-state index is 11.4. The van der Waals surface area contributed by atoms with E-state index in [-0.39, 0.29) is 5.97 Å². The molecule has 19 heavy (non-hydrogen) atoms. The number of hydrogen-bond acceptors (Lipinski definition) is 3. The van der Waals surface area contributed by atoms with Crippen molar-refractivity contribution in [2.75, 3.05) is 7.11 Å². The fraction of sp³-hybridized carbons (Fsp3) is 0.0667. The second-order valence-electron chi connectivity index (χ2n) is 4.19. The van der Waals surface area contributed by atoms with Gasteiger partial charge >= 0.3 is 5.97 Å². The van der Waals surface area contributed by atoms with Gasteiger partial charge in [-0.2, -0.15) is 0 Å². The molecule has 94 valence electrons. The lowest BCUT2D eigenvalue weighted by Gasteiger charge is -2.01. The van der Waals surface area contributed by atoms with Crippen LogP contribution in [0.5, 0.6) is 0 Å². The normalized spacial score (nSPS) is 10.6. The van der Waals surface area contributed by atoms with Crippen LogP contribution in [0.15, 0.2) is 48.7 Å². The highest BCUT2D eigenvalue weighted by Gasteiger charge is 2.07. The molecule has 0 fully saturated rings. The van der Waals surface area contributed by atoms with Gasteiger partial charge in [0.2, 0.25) is 0 Å². The SMILES string of the molecule is COC(=O)c1ccc(-c2cc3cccnc3[nH]2)cc1. The summed E-state index contributed by atoms with van der Waals surface area (Å²) in [6.07, 6.45) is 1.75. The number of ether oxygens (including phenoxy) is 1. The second-order valence-corrected chi connectivity index (χ2v) is 4.19. The molecule has 1 N–H and O–H groups in total. The van der Waals surface area contributed by atoms with Crippen LogP contribution in [-0.2, 0) is 4.74 Å². The van der Waals surface area contributed by atoms with Gasteiger partial charge in [-0.25, -0.2) is 9.78 Å². The number of H-pyrrole nitrogens is 1. The number of fused-ring (bicyclic) bond motifs is 1. The van der Waals surface area contributed by atoms with Crippen LogP contribution in [0.2, 0.25) is 0 Å². The number of hydrogen-bond donors (Lipinski definition) is 1. The average molecular weight is 252 g/mol. The molecule has 0 radical (unpaired) electrons. The van der Waals surface area contributed by atoms with Crippen LogP contribution in [0.1, 0.15) is 10.4 Å². The standard InChI is InChI=1S/C15H12N2O2/c1-19-15(18)11-6-4-10(5-7-11)13-9-12-3-2-8-16-14(12)17-13/h2-9H,1H3,(H,16,17). The van der Waals surface area contributed by atoms with Gasteiger partial charge in [0, 0.05) is 17.3 Å². The monoisotopic (exact) mass is 252 g/mol. The number of methoxy groups -OCH3 is 1. The van der Waals surface area contributed by atoms with E-state index >= 15 is 0 Å². The summed E-state index contributed by atoms with van der Waals surface area (Å²) in [5.74, 6) is -0.329. The van der Waals surface area contributed by atoms with E-state index in [1.165, 1.54) is 7.11 Å². The molecule has 0 aliphatic carbocycles. The Labute approximate surface area is 110 Å². The summed E-state index contributed by atoms with van der Waals surface area (Å²) in [7, 11) is 1.37. The van der Waals surface area contributed by atoms with Crippen molar-refractivity contribution in [2.24, 2.45) is 0 Å². The zero-order chi connectivity index (χ0) is 13.2. The van der Waals surface area contributed by atoms with E-state index in [9.17, 15) is 4.79 Å². The summed E-state index contributed by atoms with van der Waals surface area (Å²) in [5.41, 5.74) is 3.38. The van der Waals surface area contributed by atoms with Crippen LogP contribution < -0.4 is 0 Å². The van der Waals surface area contributed by atoms with Crippen molar-refractivity contribution in [1.82, 2.24) is 9.97 Å². The molecular formula is C15H12N2O2. The van der Waals surface area contributed by atoms with Crippen molar-refractivity contribution in [2.45, 2.75) is 0 Å². The molecule has 4 heteroatoms. The molecule has 3 rings (SSSR count). The number of carbonyl (C=O) groups excluding carboxylic acids is 1. The molecule has 0 aliphatic heterocycles. The number of esters is 1. The van der Waals surface area contributed by atoms with E-state index in [0.29, 0.717) is 5.56 Å². The number of aromatic nitrogens is 2. The van der Waals surface area contributed by atoms with Crippen molar-refractivity contribution in [1.29, 1.82) is 0 Å². The third kappa shape index (κ3) is 2.08. The summed E-state index contributed by atoms with van der Waals surface area (Å²) < 4.78 is 4.67. The molecule has 1 aromatic carbocycles. The first kappa shape index (κ1) is 11.5. The van der Waals surface area contributed by atoms with Gasteiger partial charge in [0.15, 0.2) is 0 Å². The number of benzene rings is 1. The van der Waals surface area contributed by atoms with Crippen LogP contribution in [-0.4, -0.2) is 23.0 Å². The number of carbonyl (C=O) groups is 1. The fourth-order valence-electron chi connectivity index (χ4n) is 2.02. The summed E-state index contributed by atoms with van der Waals surface area (Å²) in [6, 6.07) is 13.2. The molecule has 0 saturated carbocycles. The van der Waals surface area contributed by atoms with Crippen molar-refractivity contribution in [3.8, 4) is 11.3 Å². The quantitative estimate of drug-likeness (QED) is 0.713. The minimum atomic E-state index is -0.329. The largest absolute Gasteiger partial charge is 0.465 e. The highest BCUT2D eigenvalue weighted by molar-refractivity contribution is 5.90. The Bertz CT molecular complexity index is 696. The minimum absolute atomic E-state index is 0.329. The molecular weight excluding hydrogens is 240 g/mol. The van der Waals surface area contributed by atoms with Crippen LogP contribution >= 0.6 is 0 Å². The molecule has 0 amide bonds. The molecule has 0 spiro atoms. The first-order chi connectivity index (χ1) is 9.28. The molecule has 4 nitrogen and oxygen atoms in total. The fourth-order valence-corrected chi connectivity index (χ4v) is 2.02. The smallest absolute Gasteiger partial charge is 0.337 e. The van der Waals surface area contributed by atoms with Crippen LogP contribution in [0, 0.1) is 0 Å². The van der Waals surface area contributed by atoms with Crippen molar-refractivity contribution < 1.29 is 9.53 Å². The molecule has 0 saturated heterocycles. The van der Waals surface area contributed by atoms with Gasteiger partial charge in [-0.3, -0.25) is 0 Å². The number of nitrogens with one attached hydrogen (secondary N) is 1. The summed E-state index contributed by atoms with van der Waals surface area (Å²) in [4.78, 5) is 18.9. The van der Waals surface area contributed by atoms with Gasteiger partial charge < -0.3 is 9.72 Å². The van der Waals surface area contributed by atoms with Gasteiger partial charge in [-0.05, 0) is 35.9 Å². The summed E-state index contributed by atoms with van der Waals surface area (Å²) >= 11 is 0. The van der Waals surface area contributed by atoms with Crippen molar-refractivity contribution in [3.05, 3.63) is 54.2 Å². The van der Waals surface area contributed by atoms with Gasteiger partial charge in [-0.15, -0.1) is 0 Å².